The molecule has 0 aliphatic carbocycles. The van der Waals surface area contributed by atoms with Gasteiger partial charge in [0, 0.05) is 10.6 Å². The number of hydrogen-bond donors (Lipinski definition) is 1. The highest BCUT2D eigenvalue weighted by Crippen LogP contribution is 2.33. The first-order valence-corrected chi connectivity index (χ1v) is 4.83. The molecule has 0 aliphatic heterocycles. The van der Waals surface area contributed by atoms with Crippen molar-refractivity contribution in [2.75, 3.05) is 13.6 Å². The highest BCUT2D eigenvalue weighted by molar-refractivity contribution is 6.30. The highest BCUT2D eigenvalue weighted by Gasteiger charge is 2.33. The molecule has 0 bridgehead atoms. The molecule has 0 saturated carbocycles. The number of halogens is 4. The number of alkyl halides is 3. The Labute approximate surface area is 96.6 Å². The van der Waals surface area contributed by atoms with Gasteiger partial charge in [-0.2, -0.15) is 13.2 Å². The summed E-state index contributed by atoms with van der Waals surface area (Å²) in [5.74, 6) is 5.04. The van der Waals surface area contributed by atoms with Crippen LogP contribution in [0.15, 0.2) is 18.2 Å². The number of nitrogens with one attached hydrogen (secondary N) is 1. The van der Waals surface area contributed by atoms with Crippen molar-refractivity contribution in [3.8, 4) is 11.8 Å². The van der Waals surface area contributed by atoms with Gasteiger partial charge in [-0.3, -0.25) is 0 Å². The van der Waals surface area contributed by atoms with Gasteiger partial charge >= 0.3 is 6.18 Å². The summed E-state index contributed by atoms with van der Waals surface area (Å²) in [6, 6.07) is 3.54. The van der Waals surface area contributed by atoms with Crippen molar-refractivity contribution < 1.29 is 13.2 Å². The van der Waals surface area contributed by atoms with Crippen LogP contribution in [0.4, 0.5) is 13.2 Å². The molecular weight excluding hydrogens is 239 g/mol. The minimum absolute atomic E-state index is 0.0477. The molecule has 0 aromatic heterocycles. The summed E-state index contributed by atoms with van der Waals surface area (Å²) >= 11 is 5.52. The first-order valence-electron chi connectivity index (χ1n) is 4.45. The fraction of sp³-hybridized carbons (Fsp3) is 0.273. The van der Waals surface area contributed by atoms with Gasteiger partial charge in [0.05, 0.1) is 12.1 Å². The van der Waals surface area contributed by atoms with E-state index in [9.17, 15) is 13.2 Å². The van der Waals surface area contributed by atoms with Crippen LogP contribution in [0, 0.1) is 11.8 Å². The second kappa shape index (κ2) is 5.24. The lowest BCUT2D eigenvalue weighted by molar-refractivity contribution is -0.137. The molecular formula is C11H9ClF3N. The second-order valence-corrected chi connectivity index (χ2v) is 3.46. The summed E-state index contributed by atoms with van der Waals surface area (Å²) in [6.45, 7) is 0.333. The van der Waals surface area contributed by atoms with E-state index < -0.39 is 11.7 Å². The van der Waals surface area contributed by atoms with E-state index >= 15 is 0 Å². The van der Waals surface area contributed by atoms with Gasteiger partial charge < -0.3 is 5.32 Å². The van der Waals surface area contributed by atoms with Crippen molar-refractivity contribution >= 4 is 11.6 Å². The van der Waals surface area contributed by atoms with E-state index in [-0.39, 0.29) is 10.6 Å². The summed E-state index contributed by atoms with van der Waals surface area (Å²) in [5, 5.41) is 2.77. The minimum atomic E-state index is -4.44. The topological polar surface area (TPSA) is 12.0 Å². The van der Waals surface area contributed by atoms with E-state index in [0.717, 1.165) is 6.07 Å². The molecule has 0 radical (unpaired) electrons. The summed E-state index contributed by atoms with van der Waals surface area (Å²) < 4.78 is 37.8. The van der Waals surface area contributed by atoms with E-state index in [1.165, 1.54) is 12.1 Å². The van der Waals surface area contributed by atoms with Crippen LogP contribution in [0.5, 0.6) is 0 Å². The Balaban J connectivity index is 3.15. The van der Waals surface area contributed by atoms with Gasteiger partial charge in [0.2, 0.25) is 0 Å². The van der Waals surface area contributed by atoms with Crippen LogP contribution in [0.25, 0.3) is 0 Å². The lowest BCUT2D eigenvalue weighted by Crippen LogP contribution is -2.08. The highest BCUT2D eigenvalue weighted by atomic mass is 35.5. The van der Waals surface area contributed by atoms with Crippen LogP contribution < -0.4 is 5.32 Å². The largest absolute Gasteiger partial charge is 0.417 e. The Bertz CT molecular complexity index is 429. The van der Waals surface area contributed by atoms with Crippen molar-refractivity contribution in [3.05, 3.63) is 34.3 Å². The molecule has 0 fully saturated rings. The average molecular weight is 248 g/mol. The van der Waals surface area contributed by atoms with Gasteiger partial charge in [0.1, 0.15) is 0 Å². The molecule has 0 saturated heterocycles. The van der Waals surface area contributed by atoms with Gasteiger partial charge in [-0.15, -0.1) is 0 Å². The Hall–Kier alpha value is -1.18. The molecule has 1 rings (SSSR count). The zero-order chi connectivity index (χ0) is 12.2. The molecule has 16 heavy (non-hydrogen) atoms. The minimum Gasteiger partial charge on any atom is -0.309 e. The van der Waals surface area contributed by atoms with E-state index in [0.29, 0.717) is 6.54 Å². The lowest BCUT2D eigenvalue weighted by atomic mass is 10.1. The van der Waals surface area contributed by atoms with Crippen LogP contribution in [0.2, 0.25) is 5.02 Å². The number of rotatable bonds is 1. The van der Waals surface area contributed by atoms with Crippen molar-refractivity contribution in [1.29, 1.82) is 0 Å². The molecule has 0 unspecified atom stereocenters. The number of hydrogen-bond acceptors (Lipinski definition) is 1. The normalized spacial score (nSPS) is 10.8. The quantitative estimate of drug-likeness (QED) is 0.753. The summed E-state index contributed by atoms with van der Waals surface area (Å²) in [5.41, 5.74) is -0.865. The molecule has 0 spiro atoms. The van der Waals surface area contributed by atoms with Crippen molar-refractivity contribution in [2.24, 2.45) is 0 Å². The van der Waals surface area contributed by atoms with Crippen molar-refractivity contribution in [3.63, 3.8) is 0 Å². The second-order valence-electron chi connectivity index (χ2n) is 3.02. The molecule has 0 heterocycles. The molecule has 5 heteroatoms. The van der Waals surface area contributed by atoms with Crippen LogP contribution in [0.3, 0.4) is 0 Å². The zero-order valence-electron chi connectivity index (χ0n) is 8.45. The predicted octanol–water partition coefficient (Wildman–Crippen LogP) is 2.93. The molecule has 0 atom stereocenters. The molecule has 1 nitrogen and oxygen atoms in total. The number of benzene rings is 1. The molecule has 86 valence electrons. The molecule has 0 amide bonds. The van der Waals surface area contributed by atoms with Crippen molar-refractivity contribution in [2.45, 2.75) is 6.18 Å². The van der Waals surface area contributed by atoms with E-state index in [1.54, 1.807) is 7.05 Å². The van der Waals surface area contributed by atoms with Gasteiger partial charge in [-0.05, 0) is 25.2 Å². The van der Waals surface area contributed by atoms with Crippen LogP contribution in [-0.4, -0.2) is 13.6 Å². The van der Waals surface area contributed by atoms with Gasteiger partial charge in [-0.1, -0.05) is 23.4 Å². The average Bonchev–Trinajstić information content (AvgIpc) is 2.19. The SMILES string of the molecule is CNCC#Cc1ccc(Cl)cc1C(F)(F)F. The standard InChI is InChI=1S/C11H9ClF3N/c1-16-6-2-3-8-4-5-9(12)7-10(8)11(13,14)15/h4-5,7,16H,6H2,1H3. The fourth-order valence-electron chi connectivity index (χ4n) is 1.09. The summed E-state index contributed by atoms with van der Waals surface area (Å²) in [6.07, 6.45) is -4.44. The first-order chi connectivity index (χ1) is 7.45. The van der Waals surface area contributed by atoms with Gasteiger partial charge in [0.15, 0.2) is 0 Å². The van der Waals surface area contributed by atoms with Crippen molar-refractivity contribution in [1.82, 2.24) is 5.32 Å². The van der Waals surface area contributed by atoms with Crippen LogP contribution in [-0.2, 0) is 6.18 Å². The Morgan fingerprint density at radius 2 is 2.06 bits per heavy atom. The molecule has 0 aliphatic rings. The summed E-state index contributed by atoms with van der Waals surface area (Å²) in [7, 11) is 1.67. The molecule has 1 aromatic rings. The Morgan fingerprint density at radius 3 is 2.62 bits per heavy atom. The van der Waals surface area contributed by atoms with Gasteiger partial charge in [-0.25, -0.2) is 0 Å². The maximum atomic E-state index is 12.6. The van der Waals surface area contributed by atoms with Crippen LogP contribution >= 0.6 is 11.6 Å². The van der Waals surface area contributed by atoms with Crippen LogP contribution in [0.1, 0.15) is 11.1 Å². The smallest absolute Gasteiger partial charge is 0.309 e. The Kier molecular flexibility index (Phi) is 4.22. The van der Waals surface area contributed by atoms with Gasteiger partial charge in [0.25, 0.3) is 0 Å². The third-order valence-corrected chi connectivity index (χ3v) is 2.01. The fourth-order valence-corrected chi connectivity index (χ4v) is 1.26. The Morgan fingerprint density at radius 1 is 1.38 bits per heavy atom. The third-order valence-electron chi connectivity index (χ3n) is 1.78. The first kappa shape index (κ1) is 12.9. The molecule has 1 N–H and O–H groups in total. The van der Waals surface area contributed by atoms with E-state index in [2.05, 4.69) is 17.2 Å². The predicted molar refractivity (Wildman–Crippen MR) is 57.3 cm³/mol. The monoisotopic (exact) mass is 247 g/mol. The third kappa shape index (κ3) is 3.44. The van der Waals surface area contributed by atoms with E-state index in [4.69, 9.17) is 11.6 Å². The maximum Gasteiger partial charge on any atom is 0.417 e. The summed E-state index contributed by atoms with van der Waals surface area (Å²) in [4.78, 5) is 0. The molecule has 1 aromatic carbocycles. The van der Waals surface area contributed by atoms with E-state index in [1.807, 2.05) is 0 Å². The zero-order valence-corrected chi connectivity index (χ0v) is 9.21. The maximum absolute atomic E-state index is 12.6. The lowest BCUT2D eigenvalue weighted by Gasteiger charge is -2.09.